The molecule has 2 aromatic rings. The summed E-state index contributed by atoms with van der Waals surface area (Å²) in [5.74, 6) is 2.32. The van der Waals surface area contributed by atoms with Crippen LogP contribution in [0.1, 0.15) is 30.2 Å². The number of aryl methyl sites for hydroxylation is 1. The van der Waals surface area contributed by atoms with Crippen molar-refractivity contribution in [2.24, 2.45) is 0 Å². The normalized spacial score (nSPS) is 20.6. The first-order chi connectivity index (χ1) is 8.33. The third-order valence-electron chi connectivity index (χ3n) is 3.33. The number of furan rings is 1. The van der Waals surface area contributed by atoms with Gasteiger partial charge in [0.2, 0.25) is 0 Å². The molecule has 3 rings (SSSR count). The minimum atomic E-state index is 0.557. The highest BCUT2D eigenvalue weighted by atomic mass is 16.3. The molecule has 0 aromatic carbocycles. The van der Waals surface area contributed by atoms with E-state index in [-0.39, 0.29) is 0 Å². The molecule has 4 heteroatoms. The van der Waals surface area contributed by atoms with Crippen LogP contribution in [0.4, 0.5) is 0 Å². The second kappa shape index (κ2) is 4.37. The fourth-order valence-electron chi connectivity index (χ4n) is 2.36. The summed E-state index contributed by atoms with van der Waals surface area (Å²) in [5.41, 5.74) is 2.11. The van der Waals surface area contributed by atoms with Crippen molar-refractivity contribution in [1.82, 2.24) is 15.5 Å². The summed E-state index contributed by atoms with van der Waals surface area (Å²) in [7, 11) is 0. The van der Waals surface area contributed by atoms with E-state index < -0.39 is 0 Å². The fourth-order valence-corrected chi connectivity index (χ4v) is 2.36. The summed E-state index contributed by atoms with van der Waals surface area (Å²) < 4.78 is 5.57. The van der Waals surface area contributed by atoms with Gasteiger partial charge in [0.1, 0.15) is 11.5 Å². The highest BCUT2D eigenvalue weighted by molar-refractivity contribution is 5.52. The monoisotopic (exact) mass is 231 g/mol. The molecule has 1 aliphatic heterocycles. The number of aromatic nitrogens is 2. The number of nitrogens with one attached hydrogen (secondary N) is 2. The molecule has 2 N–H and O–H groups in total. The zero-order valence-corrected chi connectivity index (χ0v) is 9.99. The first kappa shape index (κ1) is 10.6. The first-order valence-corrected chi connectivity index (χ1v) is 6.16. The zero-order chi connectivity index (χ0) is 11.7. The molecule has 1 saturated heterocycles. The first-order valence-electron chi connectivity index (χ1n) is 6.16. The molecule has 1 fully saturated rings. The van der Waals surface area contributed by atoms with Crippen molar-refractivity contribution in [3.63, 3.8) is 0 Å². The Balaban J connectivity index is 1.82. The van der Waals surface area contributed by atoms with Crippen LogP contribution in [0.15, 0.2) is 22.6 Å². The van der Waals surface area contributed by atoms with E-state index in [1.807, 2.05) is 19.1 Å². The van der Waals surface area contributed by atoms with Gasteiger partial charge in [-0.25, -0.2) is 0 Å². The Labute approximate surface area is 100 Å². The lowest BCUT2D eigenvalue weighted by Gasteiger charge is -2.21. The van der Waals surface area contributed by atoms with Crippen LogP contribution in [0.3, 0.4) is 0 Å². The lowest BCUT2D eigenvalue weighted by atomic mass is 9.96. The summed E-state index contributed by atoms with van der Waals surface area (Å²) in [6.07, 6.45) is 2.46. The van der Waals surface area contributed by atoms with E-state index in [1.165, 1.54) is 18.5 Å². The molecule has 0 unspecified atom stereocenters. The smallest absolute Gasteiger partial charge is 0.154 e. The van der Waals surface area contributed by atoms with Gasteiger partial charge in [-0.3, -0.25) is 5.10 Å². The van der Waals surface area contributed by atoms with Crippen LogP contribution in [-0.4, -0.2) is 23.3 Å². The number of hydrogen-bond acceptors (Lipinski definition) is 3. The quantitative estimate of drug-likeness (QED) is 0.834. The van der Waals surface area contributed by atoms with Gasteiger partial charge in [-0.15, -0.1) is 0 Å². The van der Waals surface area contributed by atoms with Crippen LogP contribution in [0.2, 0.25) is 0 Å². The Morgan fingerprint density at radius 1 is 1.41 bits per heavy atom. The van der Waals surface area contributed by atoms with Crippen LogP contribution < -0.4 is 5.32 Å². The molecular weight excluding hydrogens is 214 g/mol. The Morgan fingerprint density at radius 3 is 3.06 bits per heavy atom. The molecule has 1 atom stereocenters. The lowest BCUT2D eigenvalue weighted by molar-refractivity contribution is 0.454. The molecule has 3 heterocycles. The molecule has 2 aromatic heterocycles. The third-order valence-corrected chi connectivity index (χ3v) is 3.33. The van der Waals surface area contributed by atoms with Crippen LogP contribution in [0.5, 0.6) is 0 Å². The average molecular weight is 231 g/mol. The molecule has 0 saturated carbocycles. The summed E-state index contributed by atoms with van der Waals surface area (Å²) >= 11 is 0. The molecule has 0 bridgehead atoms. The highest BCUT2D eigenvalue weighted by Crippen LogP contribution is 2.26. The number of aromatic amines is 1. The molecule has 0 spiro atoms. The number of H-pyrrole nitrogens is 1. The van der Waals surface area contributed by atoms with E-state index >= 15 is 0 Å². The molecule has 0 radical (unpaired) electrons. The van der Waals surface area contributed by atoms with Gasteiger partial charge in [0.25, 0.3) is 0 Å². The summed E-state index contributed by atoms with van der Waals surface area (Å²) in [6.45, 7) is 4.12. The van der Waals surface area contributed by atoms with Gasteiger partial charge >= 0.3 is 0 Å². The van der Waals surface area contributed by atoms with E-state index in [4.69, 9.17) is 4.42 Å². The molecule has 4 nitrogen and oxygen atoms in total. The van der Waals surface area contributed by atoms with E-state index in [9.17, 15) is 0 Å². The number of rotatable bonds is 2. The number of piperidine rings is 1. The van der Waals surface area contributed by atoms with Gasteiger partial charge in [0.05, 0.1) is 0 Å². The molecule has 90 valence electrons. The third kappa shape index (κ3) is 2.13. The van der Waals surface area contributed by atoms with E-state index in [2.05, 4.69) is 21.6 Å². The van der Waals surface area contributed by atoms with E-state index in [0.717, 1.165) is 30.3 Å². The van der Waals surface area contributed by atoms with Crippen LogP contribution >= 0.6 is 0 Å². The second-order valence-corrected chi connectivity index (χ2v) is 4.66. The predicted molar refractivity (Wildman–Crippen MR) is 65.9 cm³/mol. The van der Waals surface area contributed by atoms with Crippen LogP contribution in [-0.2, 0) is 0 Å². The highest BCUT2D eigenvalue weighted by Gasteiger charge is 2.18. The predicted octanol–water partition coefficient (Wildman–Crippen LogP) is 2.45. The second-order valence-electron chi connectivity index (χ2n) is 4.66. The van der Waals surface area contributed by atoms with Crippen LogP contribution in [0.25, 0.3) is 11.5 Å². The van der Waals surface area contributed by atoms with Gasteiger partial charge in [0, 0.05) is 18.2 Å². The summed E-state index contributed by atoms with van der Waals surface area (Å²) in [5, 5.41) is 10.9. The van der Waals surface area contributed by atoms with Gasteiger partial charge < -0.3 is 9.73 Å². The summed E-state index contributed by atoms with van der Waals surface area (Å²) in [6, 6.07) is 6.04. The standard InChI is InChI=1S/C13H17N3O/c1-9-4-5-13(17-9)12-7-11(15-16-12)10-3-2-6-14-8-10/h4-5,7,10,14H,2-3,6,8H2,1H3,(H,15,16)/t10-/m0/s1. The minimum Gasteiger partial charge on any atom is -0.460 e. The maximum atomic E-state index is 5.57. The van der Waals surface area contributed by atoms with Crippen molar-refractivity contribution >= 4 is 0 Å². The van der Waals surface area contributed by atoms with Crippen molar-refractivity contribution in [3.8, 4) is 11.5 Å². The topological polar surface area (TPSA) is 53.9 Å². The van der Waals surface area contributed by atoms with Gasteiger partial charge in [-0.05, 0) is 44.5 Å². The van der Waals surface area contributed by atoms with Crippen LogP contribution in [0, 0.1) is 6.92 Å². The molecule has 1 aliphatic rings. The van der Waals surface area contributed by atoms with Crippen molar-refractivity contribution in [2.75, 3.05) is 13.1 Å². The maximum Gasteiger partial charge on any atom is 0.154 e. The minimum absolute atomic E-state index is 0.557. The molecule has 0 aliphatic carbocycles. The summed E-state index contributed by atoms with van der Waals surface area (Å²) in [4.78, 5) is 0. The van der Waals surface area contributed by atoms with Gasteiger partial charge in [0.15, 0.2) is 5.76 Å². The average Bonchev–Trinajstić information content (AvgIpc) is 2.98. The SMILES string of the molecule is Cc1ccc(-c2cc([C@H]3CCCNC3)[nH]n2)o1. The van der Waals surface area contributed by atoms with Crippen molar-refractivity contribution in [1.29, 1.82) is 0 Å². The van der Waals surface area contributed by atoms with E-state index in [0.29, 0.717) is 5.92 Å². The molecule has 0 amide bonds. The fraction of sp³-hybridized carbons (Fsp3) is 0.462. The lowest BCUT2D eigenvalue weighted by Crippen LogP contribution is -2.28. The number of nitrogens with zero attached hydrogens (tertiary/aromatic N) is 1. The Hall–Kier alpha value is -1.55. The molecule has 17 heavy (non-hydrogen) atoms. The Kier molecular flexibility index (Phi) is 2.73. The van der Waals surface area contributed by atoms with Gasteiger partial charge in [-0.1, -0.05) is 0 Å². The van der Waals surface area contributed by atoms with E-state index in [1.54, 1.807) is 0 Å². The molecular formula is C13H17N3O. The maximum absolute atomic E-state index is 5.57. The largest absolute Gasteiger partial charge is 0.460 e. The van der Waals surface area contributed by atoms with Gasteiger partial charge in [-0.2, -0.15) is 5.10 Å². The Bertz CT molecular complexity index is 494. The Morgan fingerprint density at radius 2 is 2.35 bits per heavy atom. The zero-order valence-electron chi connectivity index (χ0n) is 9.99. The number of hydrogen-bond donors (Lipinski definition) is 2. The van der Waals surface area contributed by atoms with Crippen molar-refractivity contribution in [3.05, 3.63) is 29.7 Å². The van der Waals surface area contributed by atoms with Crippen molar-refractivity contribution in [2.45, 2.75) is 25.7 Å². The van der Waals surface area contributed by atoms with Crippen molar-refractivity contribution < 1.29 is 4.42 Å².